The summed E-state index contributed by atoms with van der Waals surface area (Å²) in [5.41, 5.74) is -2.04. The van der Waals surface area contributed by atoms with Crippen LogP contribution in [-0.2, 0) is 9.47 Å². The summed E-state index contributed by atoms with van der Waals surface area (Å²) >= 11 is 0. The minimum Gasteiger partial charge on any atom is -0.447 e. The molecule has 0 amide bonds. The molecule has 138 valence electrons. The van der Waals surface area contributed by atoms with Gasteiger partial charge in [-0.2, -0.15) is 15.8 Å². The van der Waals surface area contributed by atoms with Gasteiger partial charge in [-0.1, -0.05) is 26.0 Å². The molecule has 1 N–H and O–H groups in total. The normalized spacial score (nSPS) is 33.3. The van der Waals surface area contributed by atoms with Crippen LogP contribution < -0.4 is 4.90 Å². The van der Waals surface area contributed by atoms with Gasteiger partial charge >= 0.3 is 0 Å². The van der Waals surface area contributed by atoms with Gasteiger partial charge in [0.25, 0.3) is 0 Å². The van der Waals surface area contributed by atoms with E-state index in [0.717, 1.165) is 5.69 Å². The van der Waals surface area contributed by atoms with Crippen LogP contribution >= 0.6 is 0 Å². The number of rotatable bonds is 3. The van der Waals surface area contributed by atoms with Gasteiger partial charge in [0.05, 0.1) is 24.1 Å². The Bertz CT molecular complexity index is 890. The monoisotopic (exact) mass is 363 g/mol. The van der Waals surface area contributed by atoms with Gasteiger partial charge in [-0.3, -0.25) is 5.41 Å². The predicted octanol–water partition coefficient (Wildman–Crippen LogP) is 3.12. The minimum atomic E-state index is -1.90. The lowest BCUT2D eigenvalue weighted by Gasteiger charge is -2.48. The molecule has 4 unspecified atom stereocenters. The maximum atomic E-state index is 10.1. The van der Waals surface area contributed by atoms with Gasteiger partial charge in [-0.15, -0.1) is 0 Å². The maximum absolute atomic E-state index is 10.1. The zero-order valence-corrected chi connectivity index (χ0v) is 15.8. The zero-order chi connectivity index (χ0) is 20.0. The molecule has 0 aromatic heterocycles. The van der Waals surface area contributed by atoms with E-state index < -0.39 is 28.6 Å². The minimum absolute atomic E-state index is 0.366. The van der Waals surface area contributed by atoms with Gasteiger partial charge in [0.1, 0.15) is 6.10 Å². The first-order valence-corrected chi connectivity index (χ1v) is 8.75. The lowest BCUT2D eigenvalue weighted by atomic mass is 9.53. The summed E-state index contributed by atoms with van der Waals surface area (Å²) in [4.78, 5) is 1.93. The number of anilines is 1. The molecule has 27 heavy (non-hydrogen) atoms. The molecular formula is C20H21N5O2. The third-order valence-corrected chi connectivity index (χ3v) is 6.01. The van der Waals surface area contributed by atoms with Crippen molar-refractivity contribution in [1.82, 2.24) is 0 Å². The van der Waals surface area contributed by atoms with E-state index in [9.17, 15) is 15.8 Å². The highest BCUT2D eigenvalue weighted by atomic mass is 16.7. The average molecular weight is 363 g/mol. The van der Waals surface area contributed by atoms with E-state index in [1.807, 2.05) is 50.2 Å². The van der Waals surface area contributed by atoms with E-state index in [-0.39, 0.29) is 5.90 Å². The topological polar surface area (TPSA) is 117 Å². The number of nitriles is 3. The molecule has 1 aromatic rings. The number of nitrogens with zero attached hydrogens (tertiary/aromatic N) is 4. The fourth-order valence-corrected chi connectivity index (χ4v) is 4.29. The highest BCUT2D eigenvalue weighted by Crippen LogP contribution is 2.66. The van der Waals surface area contributed by atoms with Crippen LogP contribution in [0.2, 0.25) is 0 Å². The summed E-state index contributed by atoms with van der Waals surface area (Å²) in [5, 5.41) is 38.5. The molecule has 3 rings (SSSR count). The van der Waals surface area contributed by atoms with E-state index in [4.69, 9.17) is 14.9 Å². The van der Waals surface area contributed by atoms with Crippen molar-refractivity contribution < 1.29 is 9.47 Å². The molecule has 1 aromatic carbocycles. The fraction of sp³-hybridized carbons (Fsp3) is 0.500. The second kappa shape index (κ2) is 5.98. The summed E-state index contributed by atoms with van der Waals surface area (Å²) in [5.74, 6) is -2.21. The molecule has 2 aliphatic rings. The van der Waals surface area contributed by atoms with E-state index in [0.29, 0.717) is 12.0 Å². The summed E-state index contributed by atoms with van der Waals surface area (Å²) in [7, 11) is 3.82. The van der Waals surface area contributed by atoms with Crippen LogP contribution in [0.1, 0.15) is 31.9 Å². The third kappa shape index (κ3) is 2.05. The molecule has 2 aliphatic heterocycles. The molecule has 7 heteroatoms. The summed E-state index contributed by atoms with van der Waals surface area (Å²) in [6.45, 7) is 3.55. The van der Waals surface area contributed by atoms with Gasteiger partial charge in [0, 0.05) is 26.2 Å². The lowest BCUT2D eigenvalue weighted by molar-refractivity contribution is -0.280. The van der Waals surface area contributed by atoms with Crippen molar-refractivity contribution in [3.63, 3.8) is 0 Å². The Balaban J connectivity index is 2.26. The zero-order valence-electron chi connectivity index (χ0n) is 15.8. The number of hydrogen-bond donors (Lipinski definition) is 1. The van der Waals surface area contributed by atoms with E-state index in [2.05, 4.69) is 6.07 Å². The Kier molecular flexibility index (Phi) is 4.14. The van der Waals surface area contributed by atoms with Gasteiger partial charge < -0.3 is 14.4 Å². The lowest BCUT2D eigenvalue weighted by Crippen LogP contribution is -2.58. The first kappa shape index (κ1) is 18.7. The number of fused-ring (bicyclic) bond motifs is 2. The summed E-state index contributed by atoms with van der Waals surface area (Å²) < 4.78 is 12.0. The third-order valence-electron chi connectivity index (χ3n) is 6.01. The Hall–Kier alpha value is -3.08. The largest absolute Gasteiger partial charge is 0.447 e. The second-order valence-electron chi connectivity index (χ2n) is 7.25. The molecular weight excluding hydrogens is 342 g/mol. The van der Waals surface area contributed by atoms with Crippen molar-refractivity contribution in [2.75, 3.05) is 19.0 Å². The average Bonchev–Trinajstić information content (AvgIpc) is 2.84. The summed E-state index contributed by atoms with van der Waals surface area (Å²) in [6, 6.07) is 13.5. The molecule has 2 bridgehead atoms. The number of hydrogen-bond acceptors (Lipinski definition) is 7. The van der Waals surface area contributed by atoms with Crippen molar-refractivity contribution >= 4 is 11.6 Å². The highest BCUT2D eigenvalue weighted by molar-refractivity contribution is 5.89. The van der Waals surface area contributed by atoms with Crippen molar-refractivity contribution in [1.29, 1.82) is 21.2 Å². The Morgan fingerprint density at radius 1 is 1.11 bits per heavy atom. The van der Waals surface area contributed by atoms with Crippen LogP contribution in [0.4, 0.5) is 5.69 Å². The van der Waals surface area contributed by atoms with Gasteiger partial charge in [-0.25, -0.2) is 0 Å². The van der Waals surface area contributed by atoms with E-state index >= 15 is 0 Å². The predicted molar refractivity (Wildman–Crippen MR) is 97.3 cm³/mol. The van der Waals surface area contributed by atoms with Crippen LogP contribution in [0, 0.1) is 56.2 Å². The second-order valence-corrected chi connectivity index (χ2v) is 7.25. The molecule has 0 radical (unpaired) electrons. The van der Waals surface area contributed by atoms with E-state index in [1.54, 1.807) is 19.1 Å². The van der Waals surface area contributed by atoms with Crippen LogP contribution in [0.25, 0.3) is 0 Å². The molecule has 0 saturated carbocycles. The smallest absolute Gasteiger partial charge is 0.217 e. The Labute approximate surface area is 158 Å². The van der Waals surface area contributed by atoms with Crippen molar-refractivity contribution in [3.05, 3.63) is 29.8 Å². The van der Waals surface area contributed by atoms with Crippen molar-refractivity contribution in [3.8, 4) is 18.2 Å². The number of benzene rings is 1. The van der Waals surface area contributed by atoms with Gasteiger partial charge in [0.15, 0.2) is 5.41 Å². The molecule has 0 spiro atoms. The highest BCUT2D eigenvalue weighted by Gasteiger charge is 2.78. The Morgan fingerprint density at radius 3 is 2.15 bits per heavy atom. The molecule has 2 saturated heterocycles. The standard InChI is InChI=1S/C20H21N5O2/c1-5-20-13(2)19(12-23,17(24)27-20)18(10-21,11-22)16(26-20)14-6-8-15(9-7-14)25(3)4/h6-9,13,16,24H,5H2,1-4H3. The number of ether oxygens (including phenoxy) is 2. The maximum Gasteiger partial charge on any atom is 0.217 e. The fourth-order valence-electron chi connectivity index (χ4n) is 4.29. The number of nitrogens with one attached hydrogen (secondary N) is 1. The van der Waals surface area contributed by atoms with Crippen LogP contribution in [0.15, 0.2) is 24.3 Å². The molecule has 7 nitrogen and oxygen atoms in total. The van der Waals surface area contributed by atoms with Gasteiger partial charge in [0.2, 0.25) is 17.1 Å². The molecule has 0 aliphatic carbocycles. The van der Waals surface area contributed by atoms with Crippen LogP contribution in [-0.4, -0.2) is 25.8 Å². The van der Waals surface area contributed by atoms with Crippen molar-refractivity contribution in [2.45, 2.75) is 32.2 Å². The molecule has 2 heterocycles. The van der Waals surface area contributed by atoms with Crippen LogP contribution in [0.5, 0.6) is 0 Å². The molecule has 4 atom stereocenters. The first-order valence-electron chi connectivity index (χ1n) is 8.75. The van der Waals surface area contributed by atoms with E-state index in [1.165, 1.54) is 0 Å². The SMILES string of the molecule is CCC12OC(=N)C(C#N)(C1C)C(C#N)(C#N)C(c1ccc(N(C)C)cc1)O2. The van der Waals surface area contributed by atoms with Crippen LogP contribution in [0.3, 0.4) is 0 Å². The van der Waals surface area contributed by atoms with Crippen molar-refractivity contribution in [2.24, 2.45) is 16.7 Å². The molecule has 2 fully saturated rings. The summed E-state index contributed by atoms with van der Waals surface area (Å²) in [6.07, 6.45) is -0.624. The Morgan fingerprint density at radius 2 is 1.70 bits per heavy atom. The quantitative estimate of drug-likeness (QED) is 0.882. The first-order chi connectivity index (χ1) is 12.8. The van der Waals surface area contributed by atoms with Gasteiger partial charge in [-0.05, 0) is 17.7 Å².